The van der Waals surface area contributed by atoms with Crippen molar-refractivity contribution in [1.29, 1.82) is 0 Å². The molecule has 114 valence electrons. The number of anilines is 1. The number of carbonyl (C=O) groups is 2. The molecule has 1 aromatic rings. The first kappa shape index (κ1) is 15.3. The van der Waals surface area contributed by atoms with Crippen LogP contribution in [0.15, 0.2) is 24.3 Å². The molecule has 1 aliphatic rings. The Morgan fingerprint density at radius 3 is 2.71 bits per heavy atom. The Morgan fingerprint density at radius 1 is 1.38 bits per heavy atom. The number of ether oxygens (including phenoxy) is 1. The van der Waals surface area contributed by atoms with Crippen LogP contribution in [0.5, 0.6) is 0 Å². The van der Waals surface area contributed by atoms with Gasteiger partial charge in [-0.2, -0.15) is 0 Å². The molecule has 0 saturated carbocycles. The number of rotatable bonds is 4. The monoisotopic (exact) mass is 292 g/mol. The van der Waals surface area contributed by atoms with Gasteiger partial charge in [0.15, 0.2) is 0 Å². The Hall–Kier alpha value is -2.12. The van der Waals surface area contributed by atoms with E-state index >= 15 is 0 Å². The second kappa shape index (κ2) is 7.05. The number of hydrogen-bond acceptors (Lipinski definition) is 4. The van der Waals surface area contributed by atoms with Crippen molar-refractivity contribution in [3.05, 3.63) is 29.8 Å². The lowest BCUT2D eigenvalue weighted by atomic mass is 10.1. The van der Waals surface area contributed by atoms with E-state index in [4.69, 9.17) is 10.5 Å². The molecule has 2 rings (SSSR count). The van der Waals surface area contributed by atoms with E-state index in [0.29, 0.717) is 25.4 Å². The van der Waals surface area contributed by atoms with Gasteiger partial charge in [-0.1, -0.05) is 12.1 Å². The van der Waals surface area contributed by atoms with Gasteiger partial charge in [-0.05, 0) is 24.6 Å². The molecular formula is C14H20N4O3. The van der Waals surface area contributed by atoms with Gasteiger partial charge >= 0.3 is 6.03 Å². The summed E-state index contributed by atoms with van der Waals surface area (Å²) in [5.74, 6) is -0.0819. The molecule has 7 heteroatoms. The van der Waals surface area contributed by atoms with Crippen LogP contribution < -0.4 is 21.7 Å². The van der Waals surface area contributed by atoms with Crippen LogP contribution in [0.3, 0.4) is 0 Å². The highest BCUT2D eigenvalue weighted by atomic mass is 16.5. The van der Waals surface area contributed by atoms with Crippen LogP contribution in [0.1, 0.15) is 12.5 Å². The van der Waals surface area contributed by atoms with Gasteiger partial charge in [0.25, 0.3) is 0 Å². The number of nitrogens with two attached hydrogens (primary N) is 1. The van der Waals surface area contributed by atoms with Crippen LogP contribution in [-0.2, 0) is 16.1 Å². The molecule has 7 nitrogen and oxygen atoms in total. The molecule has 0 radical (unpaired) electrons. The number of amides is 3. The van der Waals surface area contributed by atoms with E-state index in [9.17, 15) is 9.59 Å². The minimum absolute atomic E-state index is 0.0819. The maximum absolute atomic E-state index is 12.1. The number of nitrogens with one attached hydrogen (secondary N) is 3. The fourth-order valence-electron chi connectivity index (χ4n) is 2.17. The number of hydrogen-bond donors (Lipinski definition) is 4. The lowest BCUT2D eigenvalue weighted by Gasteiger charge is -2.29. The second-order valence-electron chi connectivity index (χ2n) is 4.91. The van der Waals surface area contributed by atoms with Crippen molar-refractivity contribution in [2.45, 2.75) is 25.6 Å². The molecule has 3 amide bonds. The summed E-state index contributed by atoms with van der Waals surface area (Å²) in [5, 5.41) is 8.48. The first-order valence-corrected chi connectivity index (χ1v) is 6.84. The molecular weight excluding hydrogens is 272 g/mol. The van der Waals surface area contributed by atoms with E-state index in [1.165, 1.54) is 0 Å². The van der Waals surface area contributed by atoms with Crippen LogP contribution >= 0.6 is 0 Å². The molecule has 0 aliphatic carbocycles. The highest BCUT2D eigenvalue weighted by molar-refractivity contribution is 5.87. The predicted molar refractivity (Wildman–Crippen MR) is 78.7 cm³/mol. The van der Waals surface area contributed by atoms with E-state index in [2.05, 4.69) is 16.0 Å². The van der Waals surface area contributed by atoms with Crippen LogP contribution in [0.4, 0.5) is 10.5 Å². The maximum atomic E-state index is 12.1. The summed E-state index contributed by atoms with van der Waals surface area (Å²) in [4.78, 5) is 22.8. The Kier molecular flexibility index (Phi) is 5.13. The van der Waals surface area contributed by atoms with Crippen molar-refractivity contribution in [1.82, 2.24) is 10.6 Å². The van der Waals surface area contributed by atoms with Crippen LogP contribution in [-0.4, -0.2) is 37.2 Å². The van der Waals surface area contributed by atoms with Gasteiger partial charge in [-0.15, -0.1) is 0 Å². The van der Waals surface area contributed by atoms with E-state index in [-0.39, 0.29) is 18.1 Å². The number of carbonyl (C=O) groups excluding carboxylic acids is 2. The van der Waals surface area contributed by atoms with Crippen molar-refractivity contribution in [2.24, 2.45) is 5.73 Å². The molecule has 21 heavy (non-hydrogen) atoms. The van der Waals surface area contributed by atoms with Crippen molar-refractivity contribution in [3.8, 4) is 0 Å². The maximum Gasteiger partial charge on any atom is 0.316 e. The number of benzene rings is 1. The standard InChI is InChI=1S/C14H20N4O3/c1-9-12(16-6-7-21-9)13(19)17-8-10-2-4-11(5-3-10)18-14(15)20/h2-5,9,12,16H,6-8H2,1H3,(H,17,19)(H3,15,18,20)/t9-,12+/m1/s1. The normalized spacial score (nSPS) is 21.6. The third-order valence-electron chi connectivity index (χ3n) is 3.29. The number of urea groups is 1. The molecule has 0 aromatic heterocycles. The van der Waals surface area contributed by atoms with Gasteiger partial charge in [0.1, 0.15) is 6.04 Å². The third kappa shape index (κ3) is 4.44. The zero-order valence-corrected chi connectivity index (χ0v) is 11.9. The zero-order valence-electron chi connectivity index (χ0n) is 11.9. The van der Waals surface area contributed by atoms with Crippen molar-refractivity contribution >= 4 is 17.6 Å². The highest BCUT2D eigenvalue weighted by Crippen LogP contribution is 2.09. The quantitative estimate of drug-likeness (QED) is 0.635. The molecule has 0 unspecified atom stereocenters. The number of morpholine rings is 1. The topological polar surface area (TPSA) is 105 Å². The summed E-state index contributed by atoms with van der Waals surface area (Å²) in [6.07, 6.45) is -0.138. The summed E-state index contributed by atoms with van der Waals surface area (Å²) in [6, 6.07) is 6.18. The predicted octanol–water partition coefficient (Wildman–Crippen LogP) is 0.170. The lowest BCUT2D eigenvalue weighted by molar-refractivity contribution is -0.129. The smallest absolute Gasteiger partial charge is 0.316 e. The van der Waals surface area contributed by atoms with Gasteiger partial charge in [-0.3, -0.25) is 4.79 Å². The van der Waals surface area contributed by atoms with Gasteiger partial charge in [-0.25, -0.2) is 4.79 Å². The van der Waals surface area contributed by atoms with Crippen molar-refractivity contribution in [2.75, 3.05) is 18.5 Å². The van der Waals surface area contributed by atoms with Gasteiger partial charge in [0, 0.05) is 18.8 Å². The average molecular weight is 292 g/mol. The molecule has 1 aromatic carbocycles. The zero-order chi connectivity index (χ0) is 15.2. The Balaban J connectivity index is 1.84. The Labute approximate surface area is 123 Å². The second-order valence-corrected chi connectivity index (χ2v) is 4.91. The molecule has 1 aliphatic heterocycles. The fourth-order valence-corrected chi connectivity index (χ4v) is 2.17. The Bertz CT molecular complexity index is 503. The summed E-state index contributed by atoms with van der Waals surface area (Å²) >= 11 is 0. The minimum Gasteiger partial charge on any atom is -0.375 e. The molecule has 1 heterocycles. The molecule has 2 atom stereocenters. The fraction of sp³-hybridized carbons (Fsp3) is 0.429. The van der Waals surface area contributed by atoms with Gasteiger partial charge in [0.2, 0.25) is 5.91 Å². The minimum atomic E-state index is -0.603. The average Bonchev–Trinajstić information content (AvgIpc) is 2.46. The third-order valence-corrected chi connectivity index (χ3v) is 3.29. The molecule has 1 fully saturated rings. The van der Waals surface area contributed by atoms with E-state index in [1.54, 1.807) is 12.1 Å². The first-order chi connectivity index (χ1) is 10.1. The van der Waals surface area contributed by atoms with Crippen molar-refractivity contribution < 1.29 is 14.3 Å². The first-order valence-electron chi connectivity index (χ1n) is 6.84. The van der Waals surface area contributed by atoms with E-state index < -0.39 is 6.03 Å². The largest absolute Gasteiger partial charge is 0.375 e. The van der Waals surface area contributed by atoms with Crippen LogP contribution in [0.2, 0.25) is 0 Å². The summed E-state index contributed by atoms with van der Waals surface area (Å²) in [6.45, 7) is 3.59. The molecule has 0 spiro atoms. The summed E-state index contributed by atoms with van der Waals surface area (Å²) in [7, 11) is 0. The Morgan fingerprint density at radius 2 is 2.10 bits per heavy atom. The molecule has 0 bridgehead atoms. The van der Waals surface area contributed by atoms with Gasteiger partial charge in [0.05, 0.1) is 12.7 Å². The summed E-state index contributed by atoms with van der Waals surface area (Å²) < 4.78 is 5.44. The van der Waals surface area contributed by atoms with Crippen LogP contribution in [0.25, 0.3) is 0 Å². The molecule has 5 N–H and O–H groups in total. The highest BCUT2D eigenvalue weighted by Gasteiger charge is 2.27. The lowest BCUT2D eigenvalue weighted by Crippen LogP contribution is -2.55. The van der Waals surface area contributed by atoms with E-state index in [0.717, 1.165) is 5.56 Å². The SMILES string of the molecule is C[C@H]1OCCN[C@@H]1C(=O)NCc1ccc(NC(N)=O)cc1. The molecule has 1 saturated heterocycles. The summed E-state index contributed by atoms with van der Waals surface area (Å²) in [5.41, 5.74) is 6.58. The van der Waals surface area contributed by atoms with Crippen molar-refractivity contribution in [3.63, 3.8) is 0 Å². The number of primary amides is 1. The van der Waals surface area contributed by atoms with Crippen LogP contribution in [0, 0.1) is 0 Å². The van der Waals surface area contributed by atoms with E-state index in [1.807, 2.05) is 19.1 Å². The van der Waals surface area contributed by atoms with Gasteiger partial charge < -0.3 is 26.4 Å².